The highest BCUT2D eigenvalue weighted by atomic mass is 32.2. The third kappa shape index (κ3) is 6.26. The van der Waals surface area contributed by atoms with Crippen LogP contribution in [0.2, 0.25) is 0 Å². The molecule has 0 aromatic carbocycles. The highest BCUT2D eigenvalue weighted by molar-refractivity contribution is 8.00. The molecule has 0 aliphatic carbocycles. The molecular formula is C12H20O5S. The molecule has 0 saturated carbocycles. The lowest BCUT2D eigenvalue weighted by Gasteiger charge is -2.12. The van der Waals surface area contributed by atoms with Crippen LogP contribution in [0.5, 0.6) is 0 Å². The molecule has 2 unspecified atom stereocenters. The van der Waals surface area contributed by atoms with Gasteiger partial charge >= 0.3 is 11.9 Å². The molecule has 1 heterocycles. The molecule has 1 fully saturated rings. The first-order chi connectivity index (χ1) is 8.61. The second kappa shape index (κ2) is 8.37. The van der Waals surface area contributed by atoms with E-state index in [9.17, 15) is 9.59 Å². The van der Waals surface area contributed by atoms with Gasteiger partial charge in [-0.05, 0) is 6.42 Å². The number of hydrogen-bond acceptors (Lipinski definition) is 6. The molecule has 1 rings (SSSR count). The topological polar surface area (TPSA) is 61.8 Å². The van der Waals surface area contributed by atoms with Crippen LogP contribution in [-0.2, 0) is 23.8 Å². The third-order valence-electron chi connectivity index (χ3n) is 2.38. The Bertz CT molecular complexity index is 282. The van der Waals surface area contributed by atoms with Crippen LogP contribution in [-0.4, -0.2) is 36.0 Å². The Morgan fingerprint density at radius 2 is 2.17 bits per heavy atom. The van der Waals surface area contributed by atoms with Crippen molar-refractivity contribution in [2.75, 3.05) is 12.4 Å². The Morgan fingerprint density at radius 1 is 1.39 bits per heavy atom. The van der Waals surface area contributed by atoms with E-state index in [0.29, 0.717) is 12.2 Å². The first-order valence-corrected chi connectivity index (χ1v) is 7.26. The first kappa shape index (κ1) is 15.3. The van der Waals surface area contributed by atoms with Crippen LogP contribution in [0.25, 0.3) is 0 Å². The van der Waals surface area contributed by atoms with Crippen LogP contribution in [0.1, 0.15) is 39.5 Å². The molecule has 18 heavy (non-hydrogen) atoms. The van der Waals surface area contributed by atoms with Crippen molar-refractivity contribution in [3.63, 3.8) is 0 Å². The molecule has 0 bridgehead atoms. The maximum atomic E-state index is 11.4. The van der Waals surface area contributed by atoms with Crippen LogP contribution < -0.4 is 0 Å². The Morgan fingerprint density at radius 3 is 2.83 bits per heavy atom. The fraction of sp³-hybridized carbons (Fsp3) is 0.833. The van der Waals surface area contributed by atoms with Crippen LogP contribution >= 0.6 is 11.8 Å². The summed E-state index contributed by atoms with van der Waals surface area (Å²) in [5, 5.41) is 0. The average Bonchev–Trinajstić information content (AvgIpc) is 2.73. The summed E-state index contributed by atoms with van der Waals surface area (Å²) in [5.74, 6) is 0.0267. The average molecular weight is 276 g/mol. The van der Waals surface area contributed by atoms with Crippen molar-refractivity contribution >= 4 is 23.7 Å². The first-order valence-electron chi connectivity index (χ1n) is 6.21. The molecule has 1 saturated heterocycles. The zero-order valence-electron chi connectivity index (χ0n) is 10.8. The van der Waals surface area contributed by atoms with Crippen molar-refractivity contribution in [3.05, 3.63) is 0 Å². The molecular weight excluding hydrogens is 256 g/mol. The second-order valence-corrected chi connectivity index (χ2v) is 5.27. The van der Waals surface area contributed by atoms with E-state index in [1.807, 2.05) is 0 Å². The van der Waals surface area contributed by atoms with Crippen molar-refractivity contribution in [1.82, 2.24) is 0 Å². The van der Waals surface area contributed by atoms with Crippen LogP contribution in [0.4, 0.5) is 0 Å². The molecule has 0 amide bonds. The fourth-order valence-electron chi connectivity index (χ4n) is 1.52. The maximum Gasteiger partial charge on any atom is 0.305 e. The van der Waals surface area contributed by atoms with E-state index in [2.05, 4.69) is 6.92 Å². The SMILES string of the molecule is CCCCCC(=O)OCC1OC(OC(C)=O)CS1. The van der Waals surface area contributed by atoms with Gasteiger partial charge in [0.1, 0.15) is 12.0 Å². The minimum absolute atomic E-state index is 0.191. The number of ether oxygens (including phenoxy) is 3. The number of rotatable bonds is 7. The van der Waals surface area contributed by atoms with E-state index in [1.165, 1.54) is 18.7 Å². The Balaban J connectivity index is 2.09. The zero-order chi connectivity index (χ0) is 13.4. The van der Waals surface area contributed by atoms with Gasteiger partial charge < -0.3 is 14.2 Å². The van der Waals surface area contributed by atoms with Gasteiger partial charge in [-0.3, -0.25) is 9.59 Å². The van der Waals surface area contributed by atoms with E-state index >= 15 is 0 Å². The molecule has 0 aromatic rings. The van der Waals surface area contributed by atoms with Crippen molar-refractivity contribution in [1.29, 1.82) is 0 Å². The van der Waals surface area contributed by atoms with E-state index in [-0.39, 0.29) is 24.0 Å². The normalized spacial score (nSPS) is 22.8. The predicted molar refractivity (Wildman–Crippen MR) is 68.0 cm³/mol. The Kier molecular flexibility index (Phi) is 7.12. The maximum absolute atomic E-state index is 11.4. The lowest BCUT2D eigenvalue weighted by molar-refractivity contribution is -0.175. The largest absolute Gasteiger partial charge is 0.462 e. The number of hydrogen-bond donors (Lipinski definition) is 0. The molecule has 0 radical (unpaired) electrons. The molecule has 5 nitrogen and oxygen atoms in total. The van der Waals surface area contributed by atoms with E-state index in [1.54, 1.807) is 0 Å². The molecule has 1 aliphatic rings. The quantitative estimate of drug-likeness (QED) is 0.524. The fourth-order valence-corrected chi connectivity index (χ4v) is 2.41. The Labute approximate surface area is 112 Å². The van der Waals surface area contributed by atoms with Crippen LogP contribution in [0, 0.1) is 0 Å². The summed E-state index contributed by atoms with van der Waals surface area (Å²) in [7, 11) is 0. The highest BCUT2D eigenvalue weighted by Gasteiger charge is 2.28. The number of carbonyl (C=O) groups is 2. The number of esters is 2. The Hall–Kier alpha value is -0.750. The molecule has 104 valence electrons. The monoisotopic (exact) mass is 276 g/mol. The summed E-state index contributed by atoms with van der Waals surface area (Å²) in [6.45, 7) is 3.64. The van der Waals surface area contributed by atoms with Gasteiger partial charge in [-0.15, -0.1) is 11.8 Å². The summed E-state index contributed by atoms with van der Waals surface area (Å²) < 4.78 is 15.4. The van der Waals surface area contributed by atoms with Gasteiger partial charge in [-0.1, -0.05) is 19.8 Å². The lowest BCUT2D eigenvalue weighted by Crippen LogP contribution is -2.22. The van der Waals surface area contributed by atoms with Crippen molar-refractivity contribution in [3.8, 4) is 0 Å². The summed E-state index contributed by atoms with van der Waals surface area (Å²) in [5.41, 5.74) is -0.232. The molecule has 0 N–H and O–H groups in total. The zero-order valence-corrected chi connectivity index (χ0v) is 11.7. The highest BCUT2D eigenvalue weighted by Crippen LogP contribution is 2.26. The van der Waals surface area contributed by atoms with Gasteiger partial charge in [-0.25, -0.2) is 0 Å². The molecule has 0 spiro atoms. The summed E-state index contributed by atoms with van der Waals surface area (Å²) in [6.07, 6.45) is 2.93. The van der Waals surface area contributed by atoms with Gasteiger partial charge in [-0.2, -0.15) is 0 Å². The van der Waals surface area contributed by atoms with Crippen molar-refractivity contribution in [2.24, 2.45) is 0 Å². The van der Waals surface area contributed by atoms with Crippen LogP contribution in [0.3, 0.4) is 0 Å². The van der Waals surface area contributed by atoms with Crippen LogP contribution in [0.15, 0.2) is 0 Å². The lowest BCUT2D eigenvalue weighted by atomic mass is 10.2. The van der Waals surface area contributed by atoms with Gasteiger partial charge in [0.25, 0.3) is 0 Å². The van der Waals surface area contributed by atoms with E-state index < -0.39 is 6.29 Å². The van der Waals surface area contributed by atoms with Gasteiger partial charge in [0, 0.05) is 13.3 Å². The van der Waals surface area contributed by atoms with Crippen molar-refractivity contribution < 1.29 is 23.8 Å². The minimum atomic E-state index is -0.517. The number of thioether (sulfide) groups is 1. The van der Waals surface area contributed by atoms with E-state index in [4.69, 9.17) is 14.2 Å². The number of carbonyl (C=O) groups excluding carboxylic acids is 2. The standard InChI is InChI=1S/C12H20O5S/c1-3-4-5-6-10(14)15-7-12-17-11(8-18-12)16-9(2)13/h11-12H,3-8H2,1-2H3. The minimum Gasteiger partial charge on any atom is -0.462 e. The number of unbranched alkanes of at least 4 members (excludes halogenated alkanes) is 2. The predicted octanol–water partition coefficient (Wildman–Crippen LogP) is 2.09. The smallest absolute Gasteiger partial charge is 0.305 e. The summed E-state index contributed by atoms with van der Waals surface area (Å²) in [6, 6.07) is 0. The second-order valence-electron chi connectivity index (χ2n) is 4.08. The molecule has 0 aromatic heterocycles. The molecule has 1 aliphatic heterocycles. The van der Waals surface area contributed by atoms with E-state index in [0.717, 1.165) is 19.3 Å². The third-order valence-corrected chi connectivity index (χ3v) is 3.47. The van der Waals surface area contributed by atoms with Crippen molar-refractivity contribution in [2.45, 2.75) is 51.3 Å². The van der Waals surface area contributed by atoms with Gasteiger partial charge in [0.15, 0.2) is 0 Å². The summed E-state index contributed by atoms with van der Waals surface area (Å²) in [4.78, 5) is 22.1. The molecule has 2 atom stereocenters. The van der Waals surface area contributed by atoms with Gasteiger partial charge in [0.2, 0.25) is 6.29 Å². The summed E-state index contributed by atoms with van der Waals surface area (Å²) >= 11 is 1.49. The molecule has 6 heteroatoms. The van der Waals surface area contributed by atoms with Gasteiger partial charge in [0.05, 0.1) is 5.75 Å².